The number of aliphatic carboxylic acids is 1. The molecule has 0 aromatic carbocycles. The monoisotopic (exact) mass is 675 g/mol. The lowest BCUT2D eigenvalue weighted by atomic mass is 10.0. The van der Waals surface area contributed by atoms with E-state index in [1.54, 1.807) is 0 Å². The lowest BCUT2D eigenvalue weighted by Crippen LogP contribution is -2.21. The van der Waals surface area contributed by atoms with Crippen molar-refractivity contribution < 1.29 is 19.4 Å². The van der Waals surface area contributed by atoms with Crippen LogP contribution in [0.1, 0.15) is 239 Å². The highest BCUT2D eigenvalue weighted by molar-refractivity contribution is 5.71. The quantitative estimate of drug-likeness (QED) is 0.0400. The van der Waals surface area contributed by atoms with Crippen LogP contribution in [0.15, 0.2) is 24.3 Å². The van der Waals surface area contributed by atoms with Crippen molar-refractivity contribution in [1.29, 1.82) is 0 Å². The first-order chi connectivity index (χ1) is 23.6. The number of hydrogen-bond donors (Lipinski definition) is 1. The first-order valence-electron chi connectivity index (χ1n) is 21.3. The molecule has 4 nitrogen and oxygen atoms in total. The Kier molecular flexibility index (Phi) is 38.5. The number of unbranched alkanes of at least 4 members (excludes halogenated alkanes) is 28. The van der Waals surface area contributed by atoms with Crippen LogP contribution < -0.4 is 0 Å². The molecular weight excluding hydrogens is 592 g/mol. The molecule has 0 amide bonds. The van der Waals surface area contributed by atoms with Gasteiger partial charge in [0.15, 0.2) is 0 Å². The predicted molar refractivity (Wildman–Crippen MR) is 209 cm³/mol. The Morgan fingerprint density at radius 3 is 1.27 bits per heavy atom. The van der Waals surface area contributed by atoms with Gasteiger partial charge in [0.2, 0.25) is 0 Å². The summed E-state index contributed by atoms with van der Waals surface area (Å²) in [5.74, 6) is -1.10. The zero-order valence-electron chi connectivity index (χ0n) is 32.3. The fourth-order valence-electron chi connectivity index (χ4n) is 6.53. The molecule has 1 unspecified atom stereocenters. The number of carboxylic acids is 1. The highest BCUT2D eigenvalue weighted by atomic mass is 16.5. The molecular formula is C44H82O4. The van der Waals surface area contributed by atoms with E-state index in [2.05, 4.69) is 38.2 Å². The molecule has 0 spiro atoms. The topological polar surface area (TPSA) is 63.6 Å². The zero-order valence-corrected chi connectivity index (χ0v) is 32.3. The third-order valence-corrected chi connectivity index (χ3v) is 9.66. The summed E-state index contributed by atoms with van der Waals surface area (Å²) in [6.45, 7) is 4.53. The predicted octanol–water partition coefficient (Wildman–Crippen LogP) is 14.8. The van der Waals surface area contributed by atoms with Gasteiger partial charge in [0.25, 0.3) is 0 Å². The van der Waals surface area contributed by atoms with Crippen LogP contribution in [0.3, 0.4) is 0 Å². The Bertz CT molecular complexity index is 727. The van der Waals surface area contributed by atoms with Crippen molar-refractivity contribution in [2.75, 3.05) is 0 Å². The Labute approximate surface area is 299 Å². The molecule has 0 fully saturated rings. The van der Waals surface area contributed by atoms with Crippen molar-refractivity contribution in [3.8, 4) is 0 Å². The van der Waals surface area contributed by atoms with Gasteiger partial charge in [0, 0.05) is 6.42 Å². The Morgan fingerprint density at radius 2 is 0.833 bits per heavy atom. The van der Waals surface area contributed by atoms with Gasteiger partial charge in [-0.2, -0.15) is 0 Å². The number of allylic oxidation sites excluding steroid dienone is 4. The summed E-state index contributed by atoms with van der Waals surface area (Å²) in [6.07, 6.45) is 50.7. The number of carbonyl (C=O) groups excluding carboxylic acids is 1. The standard InChI is InChI=1S/C44H82O4/c1-3-5-7-9-11-13-15-17-19-21-22-24-25-27-29-31-33-35-37-39-42(41-43(45)46)48-44(47)40-38-36-34-32-30-28-26-23-20-18-16-14-12-10-8-6-4-2/h12,14,18,20,42H,3-11,13,15-17,19,21-41H2,1-2H3,(H,45,46)/b14-12-,20-18-. The first-order valence-corrected chi connectivity index (χ1v) is 21.3. The number of carbonyl (C=O) groups is 2. The summed E-state index contributed by atoms with van der Waals surface area (Å²) in [7, 11) is 0. The minimum absolute atomic E-state index is 0.0737. The molecule has 0 saturated carbocycles. The van der Waals surface area contributed by atoms with Gasteiger partial charge in [0.1, 0.15) is 6.10 Å². The van der Waals surface area contributed by atoms with Crippen molar-refractivity contribution in [3.63, 3.8) is 0 Å². The third-order valence-electron chi connectivity index (χ3n) is 9.66. The smallest absolute Gasteiger partial charge is 0.307 e. The molecule has 0 rings (SSSR count). The Hall–Kier alpha value is -1.58. The number of esters is 1. The van der Waals surface area contributed by atoms with Crippen molar-refractivity contribution in [3.05, 3.63) is 24.3 Å². The van der Waals surface area contributed by atoms with Crippen LogP contribution in [0, 0.1) is 0 Å². The zero-order chi connectivity index (χ0) is 35.0. The van der Waals surface area contributed by atoms with Crippen molar-refractivity contribution >= 4 is 11.9 Å². The number of rotatable bonds is 39. The molecule has 0 bridgehead atoms. The van der Waals surface area contributed by atoms with Crippen LogP contribution in [0.4, 0.5) is 0 Å². The molecule has 1 atom stereocenters. The number of carboxylic acid groups (broad SMARTS) is 1. The average Bonchev–Trinajstić information content (AvgIpc) is 3.06. The third kappa shape index (κ3) is 38.9. The maximum atomic E-state index is 12.4. The largest absolute Gasteiger partial charge is 0.481 e. The molecule has 0 aliphatic heterocycles. The second-order valence-corrected chi connectivity index (χ2v) is 14.6. The molecule has 48 heavy (non-hydrogen) atoms. The van der Waals surface area contributed by atoms with Gasteiger partial charge in [-0.3, -0.25) is 9.59 Å². The van der Waals surface area contributed by atoms with E-state index in [4.69, 9.17) is 4.74 Å². The van der Waals surface area contributed by atoms with Crippen LogP contribution in [0.2, 0.25) is 0 Å². The van der Waals surface area contributed by atoms with Gasteiger partial charge in [-0.1, -0.05) is 199 Å². The molecule has 282 valence electrons. The lowest BCUT2D eigenvalue weighted by Gasteiger charge is -2.16. The van der Waals surface area contributed by atoms with Crippen molar-refractivity contribution in [1.82, 2.24) is 0 Å². The molecule has 0 aromatic rings. The first kappa shape index (κ1) is 46.4. The Morgan fingerprint density at radius 1 is 0.479 bits per heavy atom. The summed E-state index contributed by atoms with van der Waals surface area (Å²) in [5, 5.41) is 9.29. The van der Waals surface area contributed by atoms with Gasteiger partial charge < -0.3 is 9.84 Å². The normalized spacial score (nSPS) is 12.4. The van der Waals surface area contributed by atoms with Crippen LogP contribution in [0.25, 0.3) is 0 Å². The molecule has 0 heterocycles. The van der Waals surface area contributed by atoms with E-state index in [-0.39, 0.29) is 12.4 Å². The highest BCUT2D eigenvalue weighted by Crippen LogP contribution is 2.17. The van der Waals surface area contributed by atoms with Crippen LogP contribution in [-0.4, -0.2) is 23.1 Å². The van der Waals surface area contributed by atoms with E-state index >= 15 is 0 Å². The highest BCUT2D eigenvalue weighted by Gasteiger charge is 2.17. The molecule has 0 radical (unpaired) electrons. The number of ether oxygens (including phenoxy) is 1. The second-order valence-electron chi connectivity index (χ2n) is 14.6. The van der Waals surface area contributed by atoms with Crippen molar-refractivity contribution in [2.24, 2.45) is 0 Å². The molecule has 0 aliphatic rings. The molecule has 4 heteroatoms. The van der Waals surface area contributed by atoms with Crippen LogP contribution in [-0.2, 0) is 14.3 Å². The van der Waals surface area contributed by atoms with Gasteiger partial charge in [-0.25, -0.2) is 0 Å². The summed E-state index contributed by atoms with van der Waals surface area (Å²) in [4.78, 5) is 23.7. The van der Waals surface area contributed by atoms with Gasteiger partial charge >= 0.3 is 11.9 Å². The van der Waals surface area contributed by atoms with Gasteiger partial charge in [-0.15, -0.1) is 0 Å². The van der Waals surface area contributed by atoms with Crippen LogP contribution in [0.5, 0.6) is 0 Å². The minimum atomic E-state index is -0.879. The van der Waals surface area contributed by atoms with E-state index in [1.807, 2.05) is 0 Å². The molecule has 0 aliphatic carbocycles. The van der Waals surface area contributed by atoms with E-state index in [0.29, 0.717) is 12.8 Å². The fourth-order valence-corrected chi connectivity index (χ4v) is 6.53. The Balaban J connectivity index is 3.61. The SMILES string of the molecule is CCCCC/C=C\C/C=C\CCCCCCCCCC(=O)OC(CCCCCCCCCCCCCCCCCCCCC)CC(=O)O. The molecule has 0 saturated heterocycles. The average molecular weight is 675 g/mol. The lowest BCUT2D eigenvalue weighted by molar-refractivity contribution is -0.153. The summed E-state index contributed by atoms with van der Waals surface area (Å²) < 4.78 is 5.60. The molecule has 0 aromatic heterocycles. The summed E-state index contributed by atoms with van der Waals surface area (Å²) >= 11 is 0. The van der Waals surface area contributed by atoms with Gasteiger partial charge in [0.05, 0.1) is 6.42 Å². The van der Waals surface area contributed by atoms with Gasteiger partial charge in [-0.05, 0) is 51.4 Å². The van der Waals surface area contributed by atoms with E-state index < -0.39 is 12.1 Å². The number of hydrogen-bond acceptors (Lipinski definition) is 3. The van der Waals surface area contributed by atoms with Crippen molar-refractivity contribution in [2.45, 2.75) is 245 Å². The van der Waals surface area contributed by atoms with E-state index in [9.17, 15) is 14.7 Å². The maximum absolute atomic E-state index is 12.4. The molecule has 1 N–H and O–H groups in total. The summed E-state index contributed by atoms with van der Waals surface area (Å²) in [5.41, 5.74) is 0. The summed E-state index contributed by atoms with van der Waals surface area (Å²) in [6, 6.07) is 0. The van der Waals surface area contributed by atoms with E-state index in [1.165, 1.54) is 167 Å². The second kappa shape index (κ2) is 39.9. The van der Waals surface area contributed by atoms with E-state index in [0.717, 1.165) is 38.5 Å². The van der Waals surface area contributed by atoms with Crippen LogP contribution >= 0.6 is 0 Å². The fraction of sp³-hybridized carbons (Fsp3) is 0.864. The minimum Gasteiger partial charge on any atom is -0.481 e. The maximum Gasteiger partial charge on any atom is 0.307 e.